The summed E-state index contributed by atoms with van der Waals surface area (Å²) in [6.07, 6.45) is -3.85. The summed E-state index contributed by atoms with van der Waals surface area (Å²) < 4.78 is 30.7. The van der Waals surface area contributed by atoms with Gasteiger partial charge < -0.3 is 28.8 Å². The molecule has 7 heteroatoms. The highest BCUT2D eigenvalue weighted by molar-refractivity contribution is 5.67. The van der Waals surface area contributed by atoms with Crippen LogP contribution >= 0.6 is 0 Å². The van der Waals surface area contributed by atoms with Crippen molar-refractivity contribution in [3.8, 4) is 0 Å². The maximum Gasteiger partial charge on any atom is 0.306 e. The highest BCUT2D eigenvalue weighted by Crippen LogP contribution is 2.32. The number of carboxylic acids is 1. The Hall–Kier alpha value is -3.07. The molecular weight excluding hydrogens is 460 g/mol. The molecule has 1 N–H and O–H groups in total. The molecule has 1 aliphatic heterocycles. The fourth-order valence-electron chi connectivity index (χ4n) is 4.27. The Kier molecular flexibility index (Phi) is 9.61. The van der Waals surface area contributed by atoms with E-state index < -0.39 is 36.7 Å². The Morgan fingerprint density at radius 3 is 1.53 bits per heavy atom. The summed E-state index contributed by atoms with van der Waals surface area (Å²) in [7, 11) is 1.51. The summed E-state index contributed by atoms with van der Waals surface area (Å²) in [5.41, 5.74) is 2.93. The van der Waals surface area contributed by atoms with Gasteiger partial charge in [-0.15, -0.1) is 0 Å². The van der Waals surface area contributed by atoms with Gasteiger partial charge in [0.1, 0.15) is 24.4 Å². The van der Waals surface area contributed by atoms with Gasteiger partial charge in [-0.3, -0.25) is 4.79 Å². The largest absolute Gasteiger partial charge is 0.481 e. The van der Waals surface area contributed by atoms with Crippen molar-refractivity contribution in [3.63, 3.8) is 0 Å². The number of methoxy groups -OCH3 is 1. The molecule has 0 spiro atoms. The predicted octanol–water partition coefficient (Wildman–Crippen LogP) is 4.59. The summed E-state index contributed by atoms with van der Waals surface area (Å²) >= 11 is 0. The monoisotopic (exact) mass is 492 g/mol. The predicted molar refractivity (Wildman–Crippen MR) is 133 cm³/mol. The molecule has 5 atom stereocenters. The molecule has 36 heavy (non-hydrogen) atoms. The van der Waals surface area contributed by atoms with Gasteiger partial charge in [0.05, 0.1) is 26.2 Å². The SMILES string of the molecule is CO[C@H]1O[C@H](CC(=O)O)[C@@H](OCc2ccccc2)[C@H](OCc2ccccc2)[C@H]1OCc1ccccc1. The molecule has 1 aliphatic rings. The molecule has 7 nitrogen and oxygen atoms in total. The van der Waals surface area contributed by atoms with Crippen LogP contribution in [0.4, 0.5) is 0 Å². The zero-order chi connectivity index (χ0) is 25.2. The molecule has 0 unspecified atom stereocenters. The van der Waals surface area contributed by atoms with E-state index in [0.29, 0.717) is 13.2 Å². The van der Waals surface area contributed by atoms with Gasteiger partial charge in [0.15, 0.2) is 6.29 Å². The number of ether oxygens (including phenoxy) is 5. The van der Waals surface area contributed by atoms with Crippen molar-refractivity contribution in [2.24, 2.45) is 0 Å². The number of benzene rings is 3. The summed E-state index contributed by atoms with van der Waals surface area (Å²) in [5, 5.41) is 9.59. The molecule has 1 saturated heterocycles. The second kappa shape index (κ2) is 13.3. The van der Waals surface area contributed by atoms with Crippen LogP contribution in [0.2, 0.25) is 0 Å². The van der Waals surface area contributed by atoms with E-state index in [1.807, 2.05) is 91.0 Å². The number of aliphatic carboxylic acids is 1. The van der Waals surface area contributed by atoms with Gasteiger partial charge in [-0.05, 0) is 16.7 Å². The maximum atomic E-state index is 11.7. The third-order valence-electron chi connectivity index (χ3n) is 6.06. The van der Waals surface area contributed by atoms with E-state index in [0.717, 1.165) is 16.7 Å². The lowest BCUT2D eigenvalue weighted by atomic mass is 9.95. The van der Waals surface area contributed by atoms with E-state index in [9.17, 15) is 9.90 Å². The Morgan fingerprint density at radius 2 is 1.11 bits per heavy atom. The molecule has 4 rings (SSSR count). The van der Waals surface area contributed by atoms with E-state index in [1.54, 1.807) is 0 Å². The zero-order valence-electron chi connectivity index (χ0n) is 20.3. The molecule has 0 radical (unpaired) electrons. The van der Waals surface area contributed by atoms with Crippen LogP contribution < -0.4 is 0 Å². The molecular formula is C29H32O7. The van der Waals surface area contributed by atoms with Gasteiger partial charge in [-0.25, -0.2) is 0 Å². The van der Waals surface area contributed by atoms with E-state index in [2.05, 4.69) is 0 Å². The normalized spacial score (nSPS) is 23.9. The molecule has 3 aromatic rings. The molecule has 0 bridgehead atoms. The van der Waals surface area contributed by atoms with Crippen LogP contribution in [0, 0.1) is 0 Å². The quantitative estimate of drug-likeness (QED) is 0.396. The van der Waals surface area contributed by atoms with Crippen molar-refractivity contribution in [1.82, 2.24) is 0 Å². The van der Waals surface area contributed by atoms with Crippen molar-refractivity contribution >= 4 is 5.97 Å². The Bertz CT molecular complexity index is 1040. The highest BCUT2D eigenvalue weighted by Gasteiger charge is 2.49. The lowest BCUT2D eigenvalue weighted by Crippen LogP contribution is -2.60. The smallest absolute Gasteiger partial charge is 0.306 e. The van der Waals surface area contributed by atoms with E-state index in [1.165, 1.54) is 7.11 Å². The van der Waals surface area contributed by atoms with Crippen LogP contribution in [0.15, 0.2) is 91.0 Å². The summed E-state index contributed by atoms with van der Waals surface area (Å²) in [6, 6.07) is 29.3. The molecule has 3 aromatic carbocycles. The molecule has 1 heterocycles. The second-order valence-electron chi connectivity index (χ2n) is 8.66. The third kappa shape index (κ3) is 7.22. The number of carboxylic acid groups (broad SMARTS) is 1. The third-order valence-corrected chi connectivity index (χ3v) is 6.06. The van der Waals surface area contributed by atoms with E-state index >= 15 is 0 Å². The van der Waals surface area contributed by atoms with E-state index in [-0.39, 0.29) is 13.0 Å². The lowest BCUT2D eigenvalue weighted by Gasteiger charge is -2.45. The van der Waals surface area contributed by atoms with Crippen molar-refractivity contribution in [3.05, 3.63) is 108 Å². The average Bonchev–Trinajstić information content (AvgIpc) is 2.91. The summed E-state index contributed by atoms with van der Waals surface area (Å²) in [5.74, 6) is -0.992. The number of carbonyl (C=O) groups is 1. The summed E-state index contributed by atoms with van der Waals surface area (Å²) in [4.78, 5) is 11.7. The van der Waals surface area contributed by atoms with Gasteiger partial charge in [-0.1, -0.05) is 91.0 Å². The van der Waals surface area contributed by atoms with Crippen molar-refractivity contribution in [2.45, 2.75) is 56.9 Å². The van der Waals surface area contributed by atoms with Gasteiger partial charge >= 0.3 is 5.97 Å². The minimum Gasteiger partial charge on any atom is -0.481 e. The topological polar surface area (TPSA) is 83.5 Å². The first-order valence-electron chi connectivity index (χ1n) is 12.0. The number of rotatable bonds is 12. The van der Waals surface area contributed by atoms with E-state index in [4.69, 9.17) is 23.7 Å². The minimum absolute atomic E-state index is 0.254. The van der Waals surface area contributed by atoms with Crippen molar-refractivity contribution in [2.75, 3.05) is 7.11 Å². The van der Waals surface area contributed by atoms with Gasteiger partial charge in [0, 0.05) is 7.11 Å². The van der Waals surface area contributed by atoms with Crippen LogP contribution in [0.5, 0.6) is 0 Å². The molecule has 0 amide bonds. The second-order valence-corrected chi connectivity index (χ2v) is 8.66. The Labute approximate surface area is 211 Å². The van der Waals surface area contributed by atoms with Crippen LogP contribution in [-0.2, 0) is 48.3 Å². The first-order valence-corrected chi connectivity index (χ1v) is 12.0. The van der Waals surface area contributed by atoms with Crippen molar-refractivity contribution < 1.29 is 33.6 Å². The minimum atomic E-state index is -0.992. The first-order chi connectivity index (χ1) is 17.6. The highest BCUT2D eigenvalue weighted by atomic mass is 16.7. The Balaban J connectivity index is 1.60. The summed E-state index contributed by atoms with van der Waals surface area (Å²) in [6.45, 7) is 0.895. The molecule has 0 aliphatic carbocycles. The number of hydrogen-bond acceptors (Lipinski definition) is 6. The van der Waals surface area contributed by atoms with Crippen LogP contribution in [0.1, 0.15) is 23.1 Å². The van der Waals surface area contributed by atoms with Gasteiger partial charge in [0.2, 0.25) is 0 Å². The molecule has 190 valence electrons. The average molecular weight is 493 g/mol. The molecule has 1 fully saturated rings. The van der Waals surface area contributed by atoms with Crippen LogP contribution in [0.3, 0.4) is 0 Å². The van der Waals surface area contributed by atoms with Crippen LogP contribution in [-0.4, -0.2) is 48.9 Å². The molecule has 0 aromatic heterocycles. The fourth-order valence-corrected chi connectivity index (χ4v) is 4.27. The first kappa shape index (κ1) is 26.0. The number of hydrogen-bond donors (Lipinski definition) is 1. The fraction of sp³-hybridized carbons (Fsp3) is 0.345. The molecule has 0 saturated carbocycles. The lowest BCUT2D eigenvalue weighted by molar-refractivity contribution is -0.317. The van der Waals surface area contributed by atoms with Gasteiger partial charge in [0.25, 0.3) is 0 Å². The van der Waals surface area contributed by atoms with Gasteiger partial charge in [-0.2, -0.15) is 0 Å². The maximum absolute atomic E-state index is 11.7. The van der Waals surface area contributed by atoms with Crippen molar-refractivity contribution in [1.29, 1.82) is 0 Å². The van der Waals surface area contributed by atoms with Crippen LogP contribution in [0.25, 0.3) is 0 Å². The standard InChI is InChI=1S/C29H32O7/c1-32-29-28(35-20-23-15-9-4-10-16-23)27(34-19-22-13-7-3-8-14-22)26(24(36-29)17-25(30)31)33-18-21-11-5-2-6-12-21/h2-16,24,26-29H,17-20H2,1H3,(H,30,31)/t24-,26-,27+,28-,29+/m1/s1. The zero-order valence-corrected chi connectivity index (χ0v) is 20.3. The Morgan fingerprint density at radius 1 is 0.694 bits per heavy atom.